The SMILES string of the molecule is NS(=O)(=O)c1ccc(N/N=C/c2c(F)cccc2F)cc1. The fraction of sp³-hybridized carbons (Fsp3) is 0. The Morgan fingerprint density at radius 2 is 1.62 bits per heavy atom. The van der Waals surface area contributed by atoms with Gasteiger partial charge < -0.3 is 0 Å². The van der Waals surface area contributed by atoms with Crippen LogP contribution in [0.1, 0.15) is 5.56 Å². The van der Waals surface area contributed by atoms with Gasteiger partial charge in [-0.25, -0.2) is 22.3 Å². The van der Waals surface area contributed by atoms with Crippen LogP contribution >= 0.6 is 0 Å². The highest BCUT2D eigenvalue weighted by molar-refractivity contribution is 7.89. The predicted molar refractivity (Wildman–Crippen MR) is 75.4 cm³/mol. The molecule has 0 amide bonds. The van der Waals surface area contributed by atoms with Crippen LogP contribution in [0.25, 0.3) is 0 Å². The number of hydrogen-bond acceptors (Lipinski definition) is 4. The van der Waals surface area contributed by atoms with Crippen LogP contribution in [0.3, 0.4) is 0 Å². The molecule has 0 aliphatic carbocycles. The van der Waals surface area contributed by atoms with Crippen molar-refractivity contribution >= 4 is 21.9 Å². The molecule has 2 aromatic carbocycles. The lowest BCUT2D eigenvalue weighted by atomic mass is 10.2. The monoisotopic (exact) mass is 311 g/mol. The summed E-state index contributed by atoms with van der Waals surface area (Å²) in [6.07, 6.45) is 0.998. The summed E-state index contributed by atoms with van der Waals surface area (Å²) in [5, 5.41) is 8.64. The third-order valence-electron chi connectivity index (χ3n) is 2.57. The number of rotatable bonds is 4. The molecule has 3 N–H and O–H groups in total. The van der Waals surface area contributed by atoms with Crippen molar-refractivity contribution in [1.82, 2.24) is 0 Å². The summed E-state index contributed by atoms with van der Waals surface area (Å²) in [6.45, 7) is 0. The van der Waals surface area contributed by atoms with E-state index in [2.05, 4.69) is 10.5 Å². The molecule has 0 aromatic heterocycles. The third kappa shape index (κ3) is 3.83. The van der Waals surface area contributed by atoms with Gasteiger partial charge in [-0.2, -0.15) is 5.10 Å². The zero-order chi connectivity index (χ0) is 15.5. The molecule has 2 aromatic rings. The van der Waals surface area contributed by atoms with Crippen molar-refractivity contribution in [3.05, 3.63) is 59.7 Å². The van der Waals surface area contributed by atoms with Gasteiger partial charge in [0.15, 0.2) is 0 Å². The number of sulfonamides is 1. The Kier molecular flexibility index (Phi) is 4.29. The number of nitrogens with one attached hydrogen (secondary N) is 1. The van der Waals surface area contributed by atoms with Gasteiger partial charge in [0.05, 0.1) is 22.4 Å². The second kappa shape index (κ2) is 5.98. The fourth-order valence-electron chi connectivity index (χ4n) is 1.52. The molecule has 0 saturated carbocycles. The normalized spacial score (nSPS) is 11.8. The molecule has 0 fully saturated rings. The number of nitrogens with zero attached hydrogens (tertiary/aromatic N) is 1. The van der Waals surface area contributed by atoms with Crippen molar-refractivity contribution in [2.24, 2.45) is 10.2 Å². The van der Waals surface area contributed by atoms with Crippen LogP contribution in [0.4, 0.5) is 14.5 Å². The smallest absolute Gasteiger partial charge is 0.238 e. The van der Waals surface area contributed by atoms with Gasteiger partial charge in [0.1, 0.15) is 11.6 Å². The van der Waals surface area contributed by atoms with Crippen LogP contribution in [0.2, 0.25) is 0 Å². The highest BCUT2D eigenvalue weighted by Crippen LogP contribution is 2.13. The van der Waals surface area contributed by atoms with Gasteiger partial charge >= 0.3 is 0 Å². The summed E-state index contributed by atoms with van der Waals surface area (Å²) >= 11 is 0. The number of nitrogens with two attached hydrogens (primary N) is 1. The number of benzene rings is 2. The van der Waals surface area contributed by atoms with E-state index < -0.39 is 21.7 Å². The number of primary sulfonamides is 1. The second-order valence-electron chi connectivity index (χ2n) is 4.07. The lowest BCUT2D eigenvalue weighted by Crippen LogP contribution is -2.11. The maximum Gasteiger partial charge on any atom is 0.238 e. The van der Waals surface area contributed by atoms with Gasteiger partial charge in [0.25, 0.3) is 0 Å². The highest BCUT2D eigenvalue weighted by Gasteiger charge is 2.07. The first-order valence-corrected chi connectivity index (χ1v) is 7.28. The van der Waals surface area contributed by atoms with E-state index in [1.165, 1.54) is 30.3 Å². The van der Waals surface area contributed by atoms with Crippen molar-refractivity contribution in [2.45, 2.75) is 4.90 Å². The zero-order valence-corrected chi connectivity index (χ0v) is 11.4. The minimum absolute atomic E-state index is 0.0443. The van der Waals surface area contributed by atoms with Crippen LogP contribution in [0.15, 0.2) is 52.5 Å². The summed E-state index contributed by atoms with van der Waals surface area (Å²) in [6, 6.07) is 8.91. The molecule has 2 rings (SSSR count). The topological polar surface area (TPSA) is 84.5 Å². The van der Waals surface area contributed by atoms with E-state index in [9.17, 15) is 17.2 Å². The van der Waals surface area contributed by atoms with Crippen LogP contribution in [-0.4, -0.2) is 14.6 Å². The van der Waals surface area contributed by atoms with Gasteiger partial charge in [-0.1, -0.05) is 6.07 Å². The Morgan fingerprint density at radius 1 is 1.05 bits per heavy atom. The minimum atomic E-state index is -3.76. The Hall–Kier alpha value is -2.32. The first-order chi connectivity index (χ1) is 9.88. The maximum absolute atomic E-state index is 13.3. The third-order valence-corrected chi connectivity index (χ3v) is 3.50. The molecule has 5 nitrogen and oxygen atoms in total. The molecular weight excluding hydrogens is 300 g/mol. The van der Waals surface area contributed by atoms with Crippen LogP contribution in [0, 0.1) is 11.6 Å². The van der Waals surface area contributed by atoms with Gasteiger partial charge in [-0.05, 0) is 36.4 Å². The van der Waals surface area contributed by atoms with Crippen molar-refractivity contribution in [3.8, 4) is 0 Å². The highest BCUT2D eigenvalue weighted by atomic mass is 32.2. The summed E-state index contributed by atoms with van der Waals surface area (Å²) in [4.78, 5) is -0.0443. The van der Waals surface area contributed by atoms with E-state index in [0.29, 0.717) is 5.69 Å². The molecule has 110 valence electrons. The molecule has 0 atom stereocenters. The van der Waals surface area contributed by atoms with Crippen molar-refractivity contribution in [3.63, 3.8) is 0 Å². The summed E-state index contributed by atoms with van der Waals surface area (Å²) in [5.41, 5.74) is 2.69. The van der Waals surface area contributed by atoms with Crippen LogP contribution in [0.5, 0.6) is 0 Å². The lowest BCUT2D eigenvalue weighted by molar-refractivity contribution is 0.580. The molecule has 0 unspecified atom stereocenters. The first-order valence-electron chi connectivity index (χ1n) is 5.74. The molecule has 0 aliphatic rings. The average molecular weight is 311 g/mol. The molecular formula is C13H11F2N3O2S. The fourth-order valence-corrected chi connectivity index (χ4v) is 2.04. The molecule has 0 aliphatic heterocycles. The van der Waals surface area contributed by atoms with E-state index in [4.69, 9.17) is 5.14 Å². The average Bonchev–Trinajstić information content (AvgIpc) is 2.42. The van der Waals surface area contributed by atoms with Gasteiger partial charge in [0, 0.05) is 0 Å². The Labute approximate surface area is 120 Å². The summed E-state index contributed by atoms with van der Waals surface area (Å²) in [5.74, 6) is -1.46. The number of hydrogen-bond donors (Lipinski definition) is 2. The van der Waals surface area contributed by atoms with Gasteiger partial charge in [-0.15, -0.1) is 0 Å². The zero-order valence-electron chi connectivity index (χ0n) is 10.6. The summed E-state index contributed by atoms with van der Waals surface area (Å²) in [7, 11) is -3.76. The van der Waals surface area contributed by atoms with E-state index >= 15 is 0 Å². The number of anilines is 1. The van der Waals surface area contributed by atoms with Crippen molar-refractivity contribution in [1.29, 1.82) is 0 Å². The van der Waals surface area contributed by atoms with E-state index in [1.807, 2.05) is 0 Å². The van der Waals surface area contributed by atoms with E-state index in [1.54, 1.807) is 0 Å². The predicted octanol–water partition coefficient (Wildman–Crippen LogP) is 2.06. The van der Waals surface area contributed by atoms with Gasteiger partial charge in [-0.3, -0.25) is 5.43 Å². The Morgan fingerprint density at radius 3 is 2.14 bits per heavy atom. The molecule has 8 heteroatoms. The first kappa shape index (κ1) is 15.1. The molecule has 0 radical (unpaired) electrons. The maximum atomic E-state index is 13.3. The largest absolute Gasteiger partial charge is 0.279 e. The van der Waals surface area contributed by atoms with Crippen molar-refractivity contribution in [2.75, 3.05) is 5.43 Å². The summed E-state index contributed by atoms with van der Waals surface area (Å²) < 4.78 is 48.8. The minimum Gasteiger partial charge on any atom is -0.279 e. The molecule has 0 bridgehead atoms. The second-order valence-corrected chi connectivity index (χ2v) is 5.64. The Balaban J connectivity index is 2.11. The van der Waals surface area contributed by atoms with Crippen LogP contribution in [-0.2, 0) is 10.0 Å². The molecule has 21 heavy (non-hydrogen) atoms. The molecule has 0 heterocycles. The quantitative estimate of drug-likeness (QED) is 0.669. The number of halogens is 2. The van der Waals surface area contributed by atoms with Crippen LogP contribution < -0.4 is 10.6 Å². The Bertz CT molecular complexity index is 754. The van der Waals surface area contributed by atoms with E-state index in [0.717, 1.165) is 18.3 Å². The number of hydrazone groups is 1. The standard InChI is InChI=1S/C13H11F2N3O2S/c14-12-2-1-3-13(15)11(12)8-17-18-9-4-6-10(7-5-9)21(16,19)20/h1-8,18H,(H2,16,19,20)/b17-8+. The van der Waals surface area contributed by atoms with Crippen molar-refractivity contribution < 1.29 is 17.2 Å². The molecule has 0 spiro atoms. The molecule has 0 saturated heterocycles. The van der Waals surface area contributed by atoms with Gasteiger partial charge in [0.2, 0.25) is 10.0 Å². The lowest BCUT2D eigenvalue weighted by Gasteiger charge is -2.02. The van der Waals surface area contributed by atoms with E-state index in [-0.39, 0.29) is 10.5 Å².